The van der Waals surface area contributed by atoms with E-state index in [-0.39, 0.29) is 24.3 Å². The second-order valence-corrected chi connectivity index (χ2v) is 6.04. The summed E-state index contributed by atoms with van der Waals surface area (Å²) in [5.41, 5.74) is 0.863. The predicted octanol–water partition coefficient (Wildman–Crippen LogP) is 3.73. The highest BCUT2D eigenvalue weighted by atomic mass is 19.4. The molecule has 2 unspecified atom stereocenters. The third kappa shape index (κ3) is 3.44. The van der Waals surface area contributed by atoms with E-state index in [2.05, 4.69) is 10.3 Å². The molecule has 1 saturated carbocycles. The van der Waals surface area contributed by atoms with Gasteiger partial charge in [-0.2, -0.15) is 13.2 Å². The van der Waals surface area contributed by atoms with Gasteiger partial charge in [-0.05, 0) is 43.9 Å². The van der Waals surface area contributed by atoms with Crippen LogP contribution in [-0.4, -0.2) is 10.9 Å². The molecule has 0 radical (unpaired) electrons. The molecule has 7 heteroatoms. The molecular weight excluding hydrogens is 321 g/mol. The van der Waals surface area contributed by atoms with E-state index in [9.17, 15) is 18.0 Å². The van der Waals surface area contributed by atoms with Crippen LogP contribution in [0.25, 0.3) is 0 Å². The van der Waals surface area contributed by atoms with Crippen molar-refractivity contribution in [2.24, 2.45) is 5.92 Å². The lowest BCUT2D eigenvalue weighted by molar-refractivity contribution is -0.137. The molecule has 1 aliphatic rings. The number of alkyl halides is 3. The number of amides is 1. The van der Waals surface area contributed by atoms with Gasteiger partial charge in [-0.15, -0.1) is 0 Å². The molecule has 1 heterocycles. The molecule has 1 amide bonds. The van der Waals surface area contributed by atoms with Gasteiger partial charge in [0.1, 0.15) is 5.76 Å². The molecule has 0 aliphatic heterocycles. The molecule has 0 bridgehead atoms. The number of halogens is 3. The van der Waals surface area contributed by atoms with Crippen molar-refractivity contribution in [3.05, 3.63) is 52.7 Å². The fourth-order valence-electron chi connectivity index (χ4n) is 2.68. The summed E-state index contributed by atoms with van der Waals surface area (Å²) in [6.07, 6.45) is -3.70. The first kappa shape index (κ1) is 16.5. The van der Waals surface area contributed by atoms with Crippen LogP contribution in [0.5, 0.6) is 0 Å². The van der Waals surface area contributed by atoms with Gasteiger partial charge in [0.25, 0.3) is 0 Å². The quantitative estimate of drug-likeness (QED) is 0.924. The van der Waals surface area contributed by atoms with E-state index < -0.39 is 11.7 Å². The zero-order valence-electron chi connectivity index (χ0n) is 13.3. The fourth-order valence-corrected chi connectivity index (χ4v) is 2.68. The average molecular weight is 338 g/mol. The Labute approximate surface area is 137 Å². The summed E-state index contributed by atoms with van der Waals surface area (Å²) >= 11 is 0. The first-order chi connectivity index (χ1) is 11.3. The fraction of sp³-hybridized carbons (Fsp3) is 0.412. The Morgan fingerprint density at radius 2 is 1.96 bits per heavy atom. The summed E-state index contributed by atoms with van der Waals surface area (Å²) < 4.78 is 43.1. The maximum Gasteiger partial charge on any atom is 0.416 e. The highest BCUT2D eigenvalue weighted by Gasteiger charge is 2.44. The number of carbonyl (C=O) groups is 1. The van der Waals surface area contributed by atoms with E-state index in [1.165, 1.54) is 12.1 Å². The van der Waals surface area contributed by atoms with Crippen LogP contribution >= 0.6 is 0 Å². The second kappa shape index (κ2) is 5.96. The molecule has 1 fully saturated rings. The maximum atomic E-state index is 12.6. The summed E-state index contributed by atoms with van der Waals surface area (Å²) in [5, 5.41) is 2.76. The van der Waals surface area contributed by atoms with Gasteiger partial charge in [0.15, 0.2) is 0 Å². The van der Waals surface area contributed by atoms with Gasteiger partial charge >= 0.3 is 6.18 Å². The van der Waals surface area contributed by atoms with Gasteiger partial charge in [-0.3, -0.25) is 4.79 Å². The van der Waals surface area contributed by atoms with Crippen molar-refractivity contribution in [1.29, 1.82) is 0 Å². The summed E-state index contributed by atoms with van der Waals surface area (Å²) in [6.45, 7) is 3.84. The van der Waals surface area contributed by atoms with Crippen molar-refractivity contribution in [3.63, 3.8) is 0 Å². The number of carbonyl (C=O) groups excluding carboxylic acids is 1. The highest BCUT2D eigenvalue weighted by Crippen LogP contribution is 2.48. The zero-order chi connectivity index (χ0) is 17.5. The van der Waals surface area contributed by atoms with Crippen molar-refractivity contribution in [1.82, 2.24) is 10.3 Å². The largest absolute Gasteiger partial charge is 0.444 e. The van der Waals surface area contributed by atoms with Crippen molar-refractivity contribution >= 4 is 5.91 Å². The molecule has 1 N–H and O–H groups in total. The lowest BCUT2D eigenvalue weighted by Gasteiger charge is -2.07. The Hall–Kier alpha value is -2.31. The second-order valence-electron chi connectivity index (χ2n) is 6.04. The van der Waals surface area contributed by atoms with Crippen LogP contribution in [0.2, 0.25) is 0 Å². The first-order valence-electron chi connectivity index (χ1n) is 7.63. The summed E-state index contributed by atoms with van der Waals surface area (Å²) in [4.78, 5) is 16.3. The number of oxazole rings is 1. The molecule has 2 atom stereocenters. The van der Waals surface area contributed by atoms with Crippen LogP contribution in [-0.2, 0) is 17.5 Å². The number of aromatic nitrogens is 1. The standard InChI is InChI=1S/C17H17F3N2O2/c1-9-10(2)24-15(22-9)8-21-16(23)14-7-13(14)11-3-5-12(6-4-11)17(18,19)20/h3-6,13-14H,7-8H2,1-2H3,(H,21,23). The Morgan fingerprint density at radius 3 is 2.50 bits per heavy atom. The van der Waals surface area contributed by atoms with Crippen molar-refractivity contribution in [3.8, 4) is 0 Å². The van der Waals surface area contributed by atoms with E-state index >= 15 is 0 Å². The zero-order valence-corrected chi connectivity index (χ0v) is 13.3. The van der Waals surface area contributed by atoms with Crippen LogP contribution in [0.4, 0.5) is 13.2 Å². The number of hydrogen-bond acceptors (Lipinski definition) is 3. The number of aryl methyl sites for hydroxylation is 2. The van der Waals surface area contributed by atoms with Crippen molar-refractivity contribution in [2.75, 3.05) is 0 Å². The number of nitrogens with one attached hydrogen (secondary N) is 1. The minimum absolute atomic E-state index is 0.0275. The molecule has 4 nitrogen and oxygen atoms in total. The van der Waals surface area contributed by atoms with E-state index in [1.54, 1.807) is 6.92 Å². The molecule has 3 rings (SSSR count). The minimum atomic E-state index is -4.34. The van der Waals surface area contributed by atoms with Crippen LogP contribution in [0.1, 0.15) is 40.8 Å². The van der Waals surface area contributed by atoms with Crippen LogP contribution in [0.15, 0.2) is 28.7 Å². The number of hydrogen-bond donors (Lipinski definition) is 1. The van der Waals surface area contributed by atoms with Crippen molar-refractivity contribution in [2.45, 2.75) is 38.9 Å². The molecule has 24 heavy (non-hydrogen) atoms. The van der Waals surface area contributed by atoms with Gasteiger partial charge in [0.05, 0.1) is 17.8 Å². The molecule has 0 saturated heterocycles. The minimum Gasteiger partial charge on any atom is -0.444 e. The first-order valence-corrected chi connectivity index (χ1v) is 7.63. The van der Waals surface area contributed by atoms with E-state index in [1.807, 2.05) is 6.92 Å². The molecule has 1 aromatic carbocycles. The highest BCUT2D eigenvalue weighted by molar-refractivity contribution is 5.82. The van der Waals surface area contributed by atoms with Gasteiger partial charge in [-0.1, -0.05) is 12.1 Å². The van der Waals surface area contributed by atoms with Gasteiger partial charge in [0.2, 0.25) is 11.8 Å². The Balaban J connectivity index is 1.55. The lowest BCUT2D eigenvalue weighted by Crippen LogP contribution is -2.25. The summed E-state index contributed by atoms with van der Waals surface area (Å²) in [6, 6.07) is 5.00. The Morgan fingerprint density at radius 1 is 1.29 bits per heavy atom. The van der Waals surface area contributed by atoms with Gasteiger partial charge in [-0.25, -0.2) is 4.98 Å². The van der Waals surface area contributed by atoms with Crippen LogP contribution < -0.4 is 5.32 Å². The normalized spacial score (nSPS) is 20.0. The molecule has 1 aliphatic carbocycles. The Kier molecular flexibility index (Phi) is 4.11. The van der Waals surface area contributed by atoms with Crippen molar-refractivity contribution < 1.29 is 22.4 Å². The smallest absolute Gasteiger partial charge is 0.416 e. The monoisotopic (exact) mass is 338 g/mol. The molecular formula is C17H17F3N2O2. The van der Waals surface area contributed by atoms with Gasteiger partial charge in [0, 0.05) is 5.92 Å². The Bertz CT molecular complexity index is 731. The molecule has 2 aromatic rings. The molecule has 128 valence electrons. The van der Waals surface area contributed by atoms with E-state index in [0.717, 1.165) is 23.4 Å². The van der Waals surface area contributed by atoms with E-state index in [0.29, 0.717) is 18.1 Å². The number of nitrogens with zero attached hydrogens (tertiary/aromatic N) is 1. The summed E-state index contributed by atoms with van der Waals surface area (Å²) in [5.74, 6) is 0.797. The topological polar surface area (TPSA) is 55.1 Å². The molecule has 0 spiro atoms. The van der Waals surface area contributed by atoms with E-state index in [4.69, 9.17) is 4.42 Å². The summed E-state index contributed by atoms with van der Waals surface area (Å²) in [7, 11) is 0. The maximum absolute atomic E-state index is 12.6. The molecule has 1 aromatic heterocycles. The SMILES string of the molecule is Cc1nc(CNC(=O)C2CC2c2ccc(C(F)(F)F)cc2)oc1C. The van der Waals surface area contributed by atoms with Crippen LogP contribution in [0, 0.1) is 19.8 Å². The third-order valence-electron chi connectivity index (χ3n) is 4.28. The third-order valence-corrected chi connectivity index (χ3v) is 4.28. The van der Waals surface area contributed by atoms with Crippen LogP contribution in [0.3, 0.4) is 0 Å². The predicted molar refractivity (Wildman–Crippen MR) is 80.1 cm³/mol. The van der Waals surface area contributed by atoms with Gasteiger partial charge < -0.3 is 9.73 Å². The lowest BCUT2D eigenvalue weighted by atomic mass is 10.1. The number of benzene rings is 1. The average Bonchev–Trinajstić information content (AvgIpc) is 3.25. The number of rotatable bonds is 4.